The molecule has 4 nitrogen and oxygen atoms in total. The summed E-state index contributed by atoms with van der Waals surface area (Å²) in [5, 5.41) is 15.0. The second kappa shape index (κ2) is 4.25. The average Bonchev–Trinajstić information content (AvgIpc) is 2.50. The molecule has 0 bridgehead atoms. The first-order valence-electron chi connectivity index (χ1n) is 3.97. The van der Waals surface area contributed by atoms with E-state index in [-0.39, 0.29) is 0 Å². The van der Waals surface area contributed by atoms with Gasteiger partial charge in [0.05, 0.1) is 0 Å². The Bertz CT molecular complexity index is 298. The molecule has 13 heavy (non-hydrogen) atoms. The van der Waals surface area contributed by atoms with Gasteiger partial charge in [-0.25, -0.2) is 4.79 Å². The van der Waals surface area contributed by atoms with E-state index in [4.69, 9.17) is 0 Å². The van der Waals surface area contributed by atoms with Gasteiger partial charge in [-0.05, 0) is 30.9 Å². The number of hydrogen-bond acceptors (Lipinski definition) is 3. The summed E-state index contributed by atoms with van der Waals surface area (Å²) < 4.78 is 0. The van der Waals surface area contributed by atoms with Gasteiger partial charge in [-0.2, -0.15) is 5.06 Å². The summed E-state index contributed by atoms with van der Waals surface area (Å²) in [7, 11) is 0. The first-order valence-corrected chi connectivity index (χ1v) is 4.85. The van der Waals surface area contributed by atoms with E-state index in [1.165, 1.54) is 11.3 Å². The van der Waals surface area contributed by atoms with E-state index < -0.39 is 6.03 Å². The Kier molecular flexibility index (Phi) is 3.27. The third kappa shape index (κ3) is 2.19. The molecule has 5 heteroatoms. The predicted molar refractivity (Wildman–Crippen MR) is 52.4 cm³/mol. The number of urea groups is 1. The van der Waals surface area contributed by atoms with Crippen LogP contribution in [0.5, 0.6) is 0 Å². The lowest BCUT2D eigenvalue weighted by Crippen LogP contribution is -2.37. The van der Waals surface area contributed by atoms with Crippen molar-refractivity contribution in [2.45, 2.75) is 13.8 Å². The highest BCUT2D eigenvalue weighted by Gasteiger charge is 2.14. The molecule has 0 unspecified atom stereocenters. The number of nitrogens with one attached hydrogen (secondary N) is 1. The van der Waals surface area contributed by atoms with Crippen LogP contribution in [-0.2, 0) is 0 Å². The van der Waals surface area contributed by atoms with Crippen LogP contribution in [-0.4, -0.2) is 17.8 Å². The molecule has 1 aromatic rings. The summed E-state index contributed by atoms with van der Waals surface area (Å²) in [5.41, 5.74) is 0.888. The number of anilines is 1. The number of carbonyl (C=O) groups is 1. The summed E-state index contributed by atoms with van der Waals surface area (Å²) in [6, 6.07) is 1.36. The third-order valence-corrected chi connectivity index (χ3v) is 2.54. The van der Waals surface area contributed by atoms with Crippen LogP contribution < -0.4 is 10.4 Å². The average molecular weight is 200 g/mol. The maximum atomic E-state index is 11.2. The van der Waals surface area contributed by atoms with Gasteiger partial charge < -0.3 is 5.32 Å². The van der Waals surface area contributed by atoms with Gasteiger partial charge in [0.1, 0.15) is 5.00 Å². The molecule has 0 radical (unpaired) electrons. The molecule has 1 rings (SSSR count). The minimum Gasteiger partial charge on any atom is -0.336 e. The summed E-state index contributed by atoms with van der Waals surface area (Å²) in [4.78, 5) is 11.2. The Labute approximate surface area is 80.8 Å². The van der Waals surface area contributed by atoms with Crippen LogP contribution in [0.2, 0.25) is 0 Å². The molecular weight excluding hydrogens is 188 g/mol. The highest BCUT2D eigenvalue weighted by atomic mass is 32.1. The minimum atomic E-state index is -0.493. The molecule has 0 saturated carbocycles. The minimum absolute atomic E-state index is 0.493. The highest BCUT2D eigenvalue weighted by Crippen LogP contribution is 2.25. The van der Waals surface area contributed by atoms with Gasteiger partial charge in [0, 0.05) is 6.54 Å². The topological polar surface area (TPSA) is 52.6 Å². The predicted octanol–water partition coefficient (Wildman–Crippen LogP) is 1.98. The lowest BCUT2D eigenvalue weighted by molar-refractivity contribution is 0.206. The van der Waals surface area contributed by atoms with Crippen molar-refractivity contribution in [3.05, 3.63) is 17.0 Å². The van der Waals surface area contributed by atoms with Crippen molar-refractivity contribution < 1.29 is 10.0 Å². The van der Waals surface area contributed by atoms with Crippen molar-refractivity contribution in [3.63, 3.8) is 0 Å². The standard InChI is InChI=1S/C8H12N2O2S/c1-3-9-8(11)10(12)7-6(2)4-5-13-7/h4-5,12H,3H2,1-2H3,(H,9,11). The van der Waals surface area contributed by atoms with Crippen molar-refractivity contribution >= 4 is 22.4 Å². The van der Waals surface area contributed by atoms with Gasteiger partial charge in [0.25, 0.3) is 0 Å². The zero-order valence-corrected chi connectivity index (χ0v) is 8.39. The molecule has 0 aliphatic carbocycles. The summed E-state index contributed by atoms with van der Waals surface area (Å²) in [6.07, 6.45) is 0. The molecule has 72 valence electrons. The lowest BCUT2D eigenvalue weighted by Gasteiger charge is -2.13. The van der Waals surface area contributed by atoms with Crippen molar-refractivity contribution in [3.8, 4) is 0 Å². The fourth-order valence-electron chi connectivity index (χ4n) is 0.900. The smallest absolute Gasteiger partial charge is 0.336 e. The molecule has 0 aliphatic rings. The zero-order valence-electron chi connectivity index (χ0n) is 7.57. The van der Waals surface area contributed by atoms with Crippen LogP contribution in [0.15, 0.2) is 11.4 Å². The number of nitrogens with zero attached hydrogens (tertiary/aromatic N) is 1. The van der Waals surface area contributed by atoms with Crippen LogP contribution in [0, 0.1) is 6.92 Å². The second-order valence-electron chi connectivity index (χ2n) is 2.56. The Morgan fingerprint density at radius 2 is 2.46 bits per heavy atom. The fraction of sp³-hybridized carbons (Fsp3) is 0.375. The van der Waals surface area contributed by atoms with Gasteiger partial charge in [-0.15, -0.1) is 11.3 Å². The largest absolute Gasteiger partial charge is 0.346 e. The van der Waals surface area contributed by atoms with Crippen LogP contribution in [0.3, 0.4) is 0 Å². The quantitative estimate of drug-likeness (QED) is 0.566. The fourth-order valence-corrected chi connectivity index (χ4v) is 1.74. The maximum absolute atomic E-state index is 11.2. The normalized spacial score (nSPS) is 9.77. The Hall–Kier alpha value is -1.07. The van der Waals surface area contributed by atoms with E-state index in [1.54, 1.807) is 6.92 Å². The molecule has 2 N–H and O–H groups in total. The van der Waals surface area contributed by atoms with Crippen LogP contribution in [0.25, 0.3) is 0 Å². The van der Waals surface area contributed by atoms with Crippen LogP contribution in [0.4, 0.5) is 9.80 Å². The van der Waals surface area contributed by atoms with Crippen molar-refractivity contribution in [1.82, 2.24) is 5.32 Å². The number of hydrogen-bond donors (Lipinski definition) is 2. The van der Waals surface area contributed by atoms with Crippen molar-refractivity contribution in [1.29, 1.82) is 0 Å². The van der Waals surface area contributed by atoms with Crippen LogP contribution in [0.1, 0.15) is 12.5 Å². The van der Waals surface area contributed by atoms with E-state index in [2.05, 4.69) is 5.32 Å². The number of amides is 2. The number of thiophene rings is 1. The first-order chi connectivity index (χ1) is 6.16. The number of carbonyl (C=O) groups excluding carboxylic acids is 1. The molecule has 1 heterocycles. The van der Waals surface area contributed by atoms with Crippen molar-refractivity contribution in [2.24, 2.45) is 0 Å². The Morgan fingerprint density at radius 1 is 1.77 bits per heavy atom. The molecule has 2 amide bonds. The molecule has 0 atom stereocenters. The molecule has 0 spiro atoms. The highest BCUT2D eigenvalue weighted by molar-refractivity contribution is 7.14. The van der Waals surface area contributed by atoms with E-state index in [0.29, 0.717) is 16.6 Å². The van der Waals surface area contributed by atoms with Gasteiger partial charge in [-0.1, -0.05) is 0 Å². The Balaban J connectivity index is 2.73. The van der Waals surface area contributed by atoms with E-state index in [9.17, 15) is 10.0 Å². The summed E-state index contributed by atoms with van der Waals surface area (Å²) in [5.74, 6) is 0. The monoisotopic (exact) mass is 200 g/mol. The van der Waals surface area contributed by atoms with E-state index in [0.717, 1.165) is 5.56 Å². The van der Waals surface area contributed by atoms with Crippen molar-refractivity contribution in [2.75, 3.05) is 11.6 Å². The number of rotatable bonds is 2. The summed E-state index contributed by atoms with van der Waals surface area (Å²) in [6.45, 7) is 4.14. The van der Waals surface area contributed by atoms with E-state index in [1.807, 2.05) is 18.4 Å². The SMILES string of the molecule is CCNC(=O)N(O)c1sccc1C. The third-order valence-electron chi connectivity index (χ3n) is 1.55. The molecule has 0 fully saturated rings. The Morgan fingerprint density at radius 3 is 2.92 bits per heavy atom. The van der Waals surface area contributed by atoms with Crippen LogP contribution >= 0.6 is 11.3 Å². The number of hydroxylamine groups is 1. The summed E-state index contributed by atoms with van der Waals surface area (Å²) >= 11 is 1.33. The maximum Gasteiger partial charge on any atom is 0.346 e. The molecule has 0 saturated heterocycles. The molecule has 0 aliphatic heterocycles. The second-order valence-corrected chi connectivity index (χ2v) is 3.45. The van der Waals surface area contributed by atoms with Gasteiger partial charge >= 0.3 is 6.03 Å². The van der Waals surface area contributed by atoms with Gasteiger partial charge in [0.15, 0.2) is 0 Å². The number of aryl methyl sites for hydroxylation is 1. The molecule has 0 aromatic carbocycles. The zero-order chi connectivity index (χ0) is 9.84. The molecule has 1 aromatic heterocycles. The van der Waals surface area contributed by atoms with Gasteiger partial charge in [-0.3, -0.25) is 5.21 Å². The lowest BCUT2D eigenvalue weighted by atomic mass is 10.4. The first kappa shape index (κ1) is 10.0. The van der Waals surface area contributed by atoms with Gasteiger partial charge in [0.2, 0.25) is 0 Å². The molecular formula is C8H12N2O2S. The van der Waals surface area contributed by atoms with E-state index >= 15 is 0 Å².